The van der Waals surface area contributed by atoms with E-state index in [9.17, 15) is 27.9 Å². The number of hydrogen-bond donors (Lipinski definition) is 1. The maximum atomic E-state index is 13.8. The Bertz CT molecular complexity index is 1290. The van der Waals surface area contributed by atoms with Crippen LogP contribution in [0.4, 0.5) is 13.2 Å². The lowest BCUT2D eigenvalue weighted by Gasteiger charge is -2.43. The molecule has 2 aliphatic rings. The van der Waals surface area contributed by atoms with Crippen LogP contribution in [-0.2, 0) is 22.3 Å². The van der Waals surface area contributed by atoms with Gasteiger partial charge in [-0.25, -0.2) is 4.79 Å². The van der Waals surface area contributed by atoms with Gasteiger partial charge in [0.05, 0.1) is 29.3 Å². The first-order valence-corrected chi connectivity index (χ1v) is 15.5. The molecule has 1 amide bonds. The molecule has 0 spiro atoms. The molecule has 0 aliphatic carbocycles. The molecule has 2 aliphatic heterocycles. The van der Waals surface area contributed by atoms with Crippen molar-refractivity contribution in [3.8, 4) is 5.75 Å². The maximum Gasteiger partial charge on any atom is 0.416 e. The monoisotopic (exact) mass is 623 g/mol. The number of amides is 1. The number of ether oxygens (including phenoxy) is 2. The van der Waals surface area contributed by atoms with Gasteiger partial charge in [0.1, 0.15) is 11.4 Å². The van der Waals surface area contributed by atoms with Crippen molar-refractivity contribution < 1.29 is 37.3 Å². The molecule has 1 saturated heterocycles. The molecular formula is C33H41ClF3NO5. The van der Waals surface area contributed by atoms with Crippen LogP contribution < -0.4 is 4.74 Å². The topological polar surface area (TPSA) is 76.1 Å². The SMILES string of the molecule is CCC[C@H](c1cccc(C(=O)O)c1)C(C)CCC1CCC(CCC)(C(=O)N2COc3c(Cl)cc(C(F)(F)F)cc3C2)OC1. The minimum Gasteiger partial charge on any atom is -0.478 e. The lowest BCUT2D eigenvalue weighted by atomic mass is 9.78. The summed E-state index contributed by atoms with van der Waals surface area (Å²) in [5, 5.41) is 9.31. The molecule has 2 aromatic carbocycles. The van der Waals surface area contributed by atoms with Gasteiger partial charge in [-0.1, -0.05) is 57.3 Å². The van der Waals surface area contributed by atoms with Crippen molar-refractivity contribution in [2.45, 2.75) is 96.4 Å². The highest BCUT2D eigenvalue weighted by Gasteiger charge is 2.46. The average Bonchev–Trinajstić information content (AvgIpc) is 2.98. The summed E-state index contributed by atoms with van der Waals surface area (Å²) in [4.78, 5) is 26.8. The summed E-state index contributed by atoms with van der Waals surface area (Å²) in [7, 11) is 0. The minimum absolute atomic E-state index is 0.0323. The minimum atomic E-state index is -4.56. The molecule has 43 heavy (non-hydrogen) atoms. The summed E-state index contributed by atoms with van der Waals surface area (Å²) in [5.74, 6) is -0.140. The van der Waals surface area contributed by atoms with Gasteiger partial charge in [-0.2, -0.15) is 13.2 Å². The number of alkyl halides is 3. The highest BCUT2D eigenvalue weighted by Crippen LogP contribution is 2.42. The Morgan fingerprint density at radius 1 is 1.16 bits per heavy atom. The molecule has 4 rings (SSSR count). The summed E-state index contributed by atoms with van der Waals surface area (Å²) < 4.78 is 52.2. The van der Waals surface area contributed by atoms with Crippen LogP contribution in [0.5, 0.6) is 5.75 Å². The number of carbonyl (C=O) groups is 2. The maximum absolute atomic E-state index is 13.8. The average molecular weight is 624 g/mol. The summed E-state index contributed by atoms with van der Waals surface area (Å²) in [6.45, 7) is 6.63. The number of carbonyl (C=O) groups excluding carboxylic acids is 1. The fraction of sp³-hybridized carbons (Fsp3) is 0.576. The van der Waals surface area contributed by atoms with Crippen molar-refractivity contribution in [3.63, 3.8) is 0 Å². The molecule has 0 saturated carbocycles. The number of aromatic carboxylic acids is 1. The number of carboxylic acids is 1. The number of carboxylic acid groups (broad SMARTS) is 1. The van der Waals surface area contributed by atoms with E-state index < -0.39 is 23.3 Å². The number of benzene rings is 2. The number of hydrogen-bond acceptors (Lipinski definition) is 4. The Balaban J connectivity index is 1.39. The van der Waals surface area contributed by atoms with Gasteiger partial charge < -0.3 is 19.5 Å². The van der Waals surface area contributed by atoms with Gasteiger partial charge in [-0.15, -0.1) is 0 Å². The molecule has 236 valence electrons. The third-order valence-corrected chi connectivity index (χ3v) is 9.22. The van der Waals surface area contributed by atoms with Crippen LogP contribution in [0.15, 0.2) is 36.4 Å². The second kappa shape index (κ2) is 13.9. The van der Waals surface area contributed by atoms with E-state index in [1.165, 1.54) is 4.90 Å². The first-order chi connectivity index (χ1) is 20.4. The van der Waals surface area contributed by atoms with Crippen LogP contribution in [-0.4, -0.2) is 40.8 Å². The van der Waals surface area contributed by atoms with Crippen LogP contribution in [0.25, 0.3) is 0 Å². The van der Waals surface area contributed by atoms with E-state index in [2.05, 4.69) is 13.8 Å². The van der Waals surface area contributed by atoms with E-state index in [0.29, 0.717) is 30.9 Å². The van der Waals surface area contributed by atoms with Crippen LogP contribution in [0.2, 0.25) is 5.02 Å². The Morgan fingerprint density at radius 2 is 1.93 bits per heavy atom. The number of nitrogens with zero attached hydrogens (tertiary/aromatic N) is 1. The van der Waals surface area contributed by atoms with Gasteiger partial charge in [-0.05, 0) is 86.1 Å². The molecule has 0 aromatic heterocycles. The first-order valence-electron chi connectivity index (χ1n) is 15.2. The van der Waals surface area contributed by atoms with E-state index in [1.807, 2.05) is 19.1 Å². The molecular weight excluding hydrogens is 583 g/mol. The van der Waals surface area contributed by atoms with Crippen LogP contribution in [0.1, 0.15) is 105 Å². The molecule has 6 nitrogen and oxygen atoms in total. The van der Waals surface area contributed by atoms with E-state index in [-0.39, 0.29) is 47.4 Å². The number of fused-ring (bicyclic) bond motifs is 1. The van der Waals surface area contributed by atoms with Gasteiger partial charge in [-0.3, -0.25) is 4.79 Å². The highest BCUT2D eigenvalue weighted by molar-refractivity contribution is 6.32. The molecule has 4 atom stereocenters. The lowest BCUT2D eigenvalue weighted by molar-refractivity contribution is -0.175. The second-order valence-corrected chi connectivity index (χ2v) is 12.5. The quantitative estimate of drug-likeness (QED) is 0.271. The van der Waals surface area contributed by atoms with Crippen LogP contribution in [0, 0.1) is 11.8 Å². The zero-order valence-corrected chi connectivity index (χ0v) is 25.8. The normalized spacial score (nSPS) is 21.9. The molecule has 1 fully saturated rings. The van der Waals surface area contributed by atoms with E-state index in [1.54, 1.807) is 12.1 Å². The van der Waals surface area contributed by atoms with Crippen molar-refractivity contribution in [1.29, 1.82) is 0 Å². The number of rotatable bonds is 11. The smallest absolute Gasteiger partial charge is 0.416 e. The van der Waals surface area contributed by atoms with Gasteiger partial charge in [0.15, 0.2) is 6.73 Å². The van der Waals surface area contributed by atoms with Crippen molar-refractivity contribution in [3.05, 3.63) is 63.7 Å². The molecule has 0 radical (unpaired) electrons. The van der Waals surface area contributed by atoms with Gasteiger partial charge in [0.25, 0.3) is 5.91 Å². The predicted molar refractivity (Wildman–Crippen MR) is 158 cm³/mol. The zero-order valence-electron chi connectivity index (χ0n) is 25.0. The summed E-state index contributed by atoms with van der Waals surface area (Å²) >= 11 is 6.09. The highest BCUT2D eigenvalue weighted by atomic mass is 35.5. The Hall–Kier alpha value is -2.78. The van der Waals surface area contributed by atoms with E-state index in [4.69, 9.17) is 21.1 Å². The second-order valence-electron chi connectivity index (χ2n) is 12.1. The summed E-state index contributed by atoms with van der Waals surface area (Å²) in [5.41, 5.74) is -0.334. The Morgan fingerprint density at radius 3 is 2.56 bits per heavy atom. The molecule has 2 heterocycles. The zero-order chi connectivity index (χ0) is 31.4. The Labute approximate surface area is 256 Å². The van der Waals surface area contributed by atoms with Crippen molar-refractivity contribution >= 4 is 23.5 Å². The molecule has 3 unspecified atom stereocenters. The summed E-state index contributed by atoms with van der Waals surface area (Å²) in [6.07, 6.45) is 1.85. The largest absolute Gasteiger partial charge is 0.478 e. The standard InChI is InChI=1S/C33H41ClF3NO5/c1-4-7-27(23-8-6-9-24(15-23)30(39)40)21(3)10-11-22-12-14-32(13-5-2,43-19-22)31(41)38-18-25-16-26(33(35,36)37)17-28(34)29(25)42-20-38/h6,8-9,15-17,21-22,27H,4-5,7,10-14,18-20H2,1-3H3,(H,39,40)/t21?,22?,27-,32?/m0/s1. The summed E-state index contributed by atoms with van der Waals surface area (Å²) in [6, 6.07) is 9.07. The fourth-order valence-electron chi connectivity index (χ4n) is 6.57. The Kier molecular flexibility index (Phi) is 10.7. The van der Waals surface area contributed by atoms with Crippen molar-refractivity contribution in [2.75, 3.05) is 13.3 Å². The van der Waals surface area contributed by atoms with Crippen LogP contribution >= 0.6 is 11.6 Å². The first kappa shape index (κ1) is 33.1. The van der Waals surface area contributed by atoms with Gasteiger partial charge in [0.2, 0.25) is 0 Å². The molecule has 10 heteroatoms. The van der Waals surface area contributed by atoms with Gasteiger partial charge >= 0.3 is 12.1 Å². The van der Waals surface area contributed by atoms with Crippen molar-refractivity contribution in [2.24, 2.45) is 11.8 Å². The predicted octanol–water partition coefficient (Wildman–Crippen LogP) is 8.70. The number of halogens is 4. The fourth-order valence-corrected chi connectivity index (χ4v) is 6.87. The third kappa shape index (κ3) is 7.66. The van der Waals surface area contributed by atoms with Crippen LogP contribution in [0.3, 0.4) is 0 Å². The molecule has 1 N–H and O–H groups in total. The third-order valence-electron chi connectivity index (χ3n) is 8.93. The lowest BCUT2D eigenvalue weighted by Crippen LogP contribution is -2.54. The molecule has 0 bridgehead atoms. The van der Waals surface area contributed by atoms with E-state index >= 15 is 0 Å². The van der Waals surface area contributed by atoms with Gasteiger partial charge in [0, 0.05) is 5.56 Å². The van der Waals surface area contributed by atoms with E-state index in [0.717, 1.165) is 56.2 Å². The van der Waals surface area contributed by atoms with Crippen molar-refractivity contribution in [1.82, 2.24) is 4.90 Å². The molecule has 2 aromatic rings.